The van der Waals surface area contributed by atoms with E-state index in [4.69, 9.17) is 22.7 Å². The summed E-state index contributed by atoms with van der Waals surface area (Å²) in [5, 5.41) is 18.6. The average Bonchev–Trinajstić information content (AvgIpc) is 3.13. The lowest BCUT2D eigenvalue weighted by atomic mass is 9.61. The molecule has 0 unspecified atom stereocenters. The topological polar surface area (TPSA) is 114 Å². The zero-order chi connectivity index (χ0) is 21.0. The Morgan fingerprint density at radius 3 is 2.63 bits per heavy atom. The van der Waals surface area contributed by atoms with Crippen LogP contribution in [-0.2, 0) is 0 Å². The van der Waals surface area contributed by atoms with Gasteiger partial charge in [-0.25, -0.2) is 18.7 Å². The quantitative estimate of drug-likeness (QED) is 0.390. The van der Waals surface area contributed by atoms with Crippen molar-refractivity contribution >= 4 is 34.3 Å². The van der Waals surface area contributed by atoms with Crippen LogP contribution in [0.1, 0.15) is 25.7 Å². The summed E-state index contributed by atoms with van der Waals surface area (Å²) in [5.74, 6) is -1.70. The number of nitrogens with zero attached hydrogens (tertiary/aromatic N) is 3. The second-order valence-electron chi connectivity index (χ2n) is 8.06. The first kappa shape index (κ1) is 19.2. The molecular formula is C20H19ClF2N7-. The number of amidine groups is 1. The van der Waals surface area contributed by atoms with Gasteiger partial charge in [-0.15, -0.1) is 0 Å². The number of rotatable bonds is 4. The Kier molecular flexibility index (Phi) is 4.57. The Labute approximate surface area is 175 Å². The largest absolute Gasteiger partial charge is 0.486 e. The molecule has 0 aliphatic heterocycles. The Morgan fingerprint density at radius 2 is 1.90 bits per heavy atom. The van der Waals surface area contributed by atoms with Crippen molar-refractivity contribution in [1.29, 1.82) is 5.41 Å². The zero-order valence-electron chi connectivity index (χ0n) is 15.8. The van der Waals surface area contributed by atoms with E-state index in [-0.39, 0.29) is 46.8 Å². The standard InChI is InChI=1S/C20H19ClF2N7/c21-10-5-11-16(29-30-19(11)26-7-10)17-12(22)6-13(23)20(28-17)27-15-9-3-1-8(2-4-9)14(15)18(24)25/h5-9,14-15H,1-4H2,(H4-,24,25,26,27,28,29,30)/q-1/t8?,9?,14-,15-/m0/s1. The van der Waals surface area contributed by atoms with Crippen LogP contribution >= 0.6 is 11.6 Å². The molecule has 2 bridgehead atoms. The number of aromatic amines is 1. The van der Waals surface area contributed by atoms with Gasteiger partial charge in [-0.1, -0.05) is 17.4 Å². The highest BCUT2D eigenvalue weighted by Crippen LogP contribution is 2.47. The number of halogens is 3. The van der Waals surface area contributed by atoms with Gasteiger partial charge in [-0.2, -0.15) is 5.10 Å². The van der Waals surface area contributed by atoms with E-state index in [1.54, 1.807) is 6.07 Å². The predicted octanol–water partition coefficient (Wildman–Crippen LogP) is 5.20. The second-order valence-corrected chi connectivity index (χ2v) is 8.49. The van der Waals surface area contributed by atoms with Crippen molar-refractivity contribution in [3.63, 3.8) is 0 Å². The van der Waals surface area contributed by atoms with Gasteiger partial charge in [0.25, 0.3) is 0 Å². The molecule has 7 nitrogen and oxygen atoms in total. The molecule has 3 saturated carbocycles. The third kappa shape index (κ3) is 3.08. The van der Waals surface area contributed by atoms with Gasteiger partial charge in [-0.3, -0.25) is 5.10 Å². The van der Waals surface area contributed by atoms with Gasteiger partial charge in [0, 0.05) is 23.7 Å². The summed E-state index contributed by atoms with van der Waals surface area (Å²) in [6.45, 7) is 0. The van der Waals surface area contributed by atoms with Crippen molar-refractivity contribution in [2.45, 2.75) is 31.7 Å². The number of H-pyrrole nitrogens is 1. The molecule has 6 rings (SSSR count). The number of hydrogen-bond donors (Lipinski definition) is 3. The normalized spacial score (nSPS) is 25.6. The summed E-state index contributed by atoms with van der Waals surface area (Å²) in [5.41, 5.74) is 8.43. The van der Waals surface area contributed by atoms with Gasteiger partial charge in [0.2, 0.25) is 0 Å². The molecule has 4 N–H and O–H groups in total. The number of hydrogen-bond acceptors (Lipinski definition) is 5. The molecule has 156 valence electrons. The Balaban J connectivity index is 1.55. The van der Waals surface area contributed by atoms with Crippen molar-refractivity contribution in [2.75, 3.05) is 5.32 Å². The minimum atomic E-state index is -0.835. The minimum Gasteiger partial charge on any atom is -0.486 e. The van der Waals surface area contributed by atoms with E-state index < -0.39 is 11.6 Å². The fraction of sp³-hybridized carbons (Fsp3) is 0.400. The van der Waals surface area contributed by atoms with Crippen LogP contribution in [0, 0.1) is 34.8 Å². The minimum absolute atomic E-state index is 0.0899. The fourth-order valence-corrected chi connectivity index (χ4v) is 5.19. The van der Waals surface area contributed by atoms with Crippen molar-refractivity contribution in [3.05, 3.63) is 40.7 Å². The molecule has 3 aliphatic rings. The molecule has 10 heteroatoms. The lowest BCUT2D eigenvalue weighted by Crippen LogP contribution is -2.50. The molecule has 0 aromatic carbocycles. The highest BCUT2D eigenvalue weighted by molar-refractivity contribution is 6.31. The van der Waals surface area contributed by atoms with E-state index in [1.165, 1.54) is 6.20 Å². The van der Waals surface area contributed by atoms with Gasteiger partial charge in [0.1, 0.15) is 5.69 Å². The second kappa shape index (κ2) is 7.16. The smallest absolute Gasteiger partial charge is 0.181 e. The SMILES string of the molecule is N=C([NH-])[C@H]1C2CCC(CC2)[C@@H]1Nc1nc(-c2[nH]nc3ncc(Cl)cc23)c(F)cc1F. The summed E-state index contributed by atoms with van der Waals surface area (Å²) in [6.07, 6.45) is 5.33. The third-order valence-corrected chi connectivity index (χ3v) is 6.61. The zero-order valence-corrected chi connectivity index (χ0v) is 16.6. The summed E-state index contributed by atoms with van der Waals surface area (Å²) in [6, 6.07) is 2.12. The fourth-order valence-electron chi connectivity index (χ4n) is 5.03. The molecule has 3 heterocycles. The van der Waals surface area contributed by atoms with Crippen LogP contribution in [0.5, 0.6) is 0 Å². The number of nitrogens with one attached hydrogen (secondary N) is 4. The first-order valence-corrected chi connectivity index (χ1v) is 10.2. The van der Waals surface area contributed by atoms with E-state index in [1.807, 2.05) is 0 Å². The molecule has 0 saturated heterocycles. The van der Waals surface area contributed by atoms with Crippen molar-refractivity contribution in [1.82, 2.24) is 20.2 Å². The van der Waals surface area contributed by atoms with Crippen molar-refractivity contribution < 1.29 is 8.78 Å². The van der Waals surface area contributed by atoms with Crippen LogP contribution in [-0.4, -0.2) is 32.0 Å². The van der Waals surface area contributed by atoms with Crippen LogP contribution in [0.4, 0.5) is 14.6 Å². The molecule has 3 aliphatic carbocycles. The number of anilines is 1. The average molecular weight is 431 g/mol. The van der Waals surface area contributed by atoms with Crippen LogP contribution in [0.2, 0.25) is 5.02 Å². The van der Waals surface area contributed by atoms with Gasteiger partial charge < -0.3 is 16.5 Å². The van der Waals surface area contributed by atoms with E-state index >= 15 is 0 Å². The van der Waals surface area contributed by atoms with Gasteiger partial charge >= 0.3 is 0 Å². The van der Waals surface area contributed by atoms with Crippen LogP contribution in [0.3, 0.4) is 0 Å². The first-order chi connectivity index (χ1) is 14.4. The van der Waals surface area contributed by atoms with Gasteiger partial charge in [0.15, 0.2) is 23.1 Å². The lowest BCUT2D eigenvalue weighted by Gasteiger charge is -2.50. The summed E-state index contributed by atoms with van der Waals surface area (Å²) in [4.78, 5) is 8.32. The first-order valence-electron chi connectivity index (χ1n) is 9.85. The monoisotopic (exact) mass is 430 g/mol. The Hall–Kier alpha value is -2.81. The van der Waals surface area contributed by atoms with Crippen LogP contribution in [0.15, 0.2) is 18.3 Å². The summed E-state index contributed by atoms with van der Waals surface area (Å²) >= 11 is 6.01. The third-order valence-electron chi connectivity index (χ3n) is 6.40. The van der Waals surface area contributed by atoms with E-state index in [2.05, 4.69) is 25.5 Å². The molecule has 0 amide bonds. The molecule has 0 spiro atoms. The predicted molar refractivity (Wildman–Crippen MR) is 110 cm³/mol. The molecule has 3 aromatic rings. The Bertz CT molecular complexity index is 1140. The van der Waals surface area contributed by atoms with Crippen LogP contribution in [0.25, 0.3) is 28.2 Å². The maximum Gasteiger partial charge on any atom is 0.181 e. The highest BCUT2D eigenvalue weighted by Gasteiger charge is 2.43. The number of fused-ring (bicyclic) bond motifs is 4. The van der Waals surface area contributed by atoms with E-state index in [9.17, 15) is 8.78 Å². The molecule has 3 fully saturated rings. The van der Waals surface area contributed by atoms with Crippen LogP contribution < -0.4 is 5.32 Å². The summed E-state index contributed by atoms with van der Waals surface area (Å²) < 4.78 is 29.3. The van der Waals surface area contributed by atoms with Gasteiger partial charge in [-0.05, 0) is 49.5 Å². The maximum atomic E-state index is 14.7. The lowest BCUT2D eigenvalue weighted by molar-refractivity contribution is 0.120. The molecular weight excluding hydrogens is 412 g/mol. The number of aromatic nitrogens is 4. The Morgan fingerprint density at radius 1 is 1.17 bits per heavy atom. The highest BCUT2D eigenvalue weighted by atomic mass is 35.5. The molecule has 2 atom stereocenters. The van der Waals surface area contributed by atoms with Crippen molar-refractivity contribution in [2.24, 2.45) is 17.8 Å². The van der Waals surface area contributed by atoms with E-state index in [0.29, 0.717) is 16.1 Å². The molecule has 3 aromatic heterocycles. The molecule has 30 heavy (non-hydrogen) atoms. The van der Waals surface area contributed by atoms with Gasteiger partial charge in [0.05, 0.1) is 10.7 Å². The van der Waals surface area contributed by atoms with Crippen molar-refractivity contribution in [3.8, 4) is 11.4 Å². The van der Waals surface area contributed by atoms with E-state index in [0.717, 1.165) is 31.7 Å². The maximum absolute atomic E-state index is 14.7. The number of pyridine rings is 2. The molecule has 0 radical (unpaired) electrons. The summed E-state index contributed by atoms with van der Waals surface area (Å²) in [7, 11) is 0.